The molecule has 0 bridgehead atoms. The molecule has 1 aliphatic carbocycles. The second kappa shape index (κ2) is 19.5. The van der Waals surface area contributed by atoms with Crippen molar-refractivity contribution in [2.75, 3.05) is 9.80 Å². The molecule has 0 aliphatic heterocycles. The van der Waals surface area contributed by atoms with Crippen LogP contribution in [0.25, 0.3) is 71.6 Å². The lowest BCUT2D eigenvalue weighted by Crippen LogP contribution is -2.28. The minimum Gasteiger partial charge on any atom is -0.310 e. The second-order valence-corrected chi connectivity index (χ2v) is 20.5. The molecule has 0 N–H and O–H groups in total. The van der Waals surface area contributed by atoms with Gasteiger partial charge in [-0.3, -0.25) is 0 Å². The summed E-state index contributed by atoms with van der Waals surface area (Å²) >= 11 is 0. The number of benzene rings is 13. The summed E-state index contributed by atoms with van der Waals surface area (Å²) in [5.41, 5.74) is 16.8. The molecule has 1 aromatic heterocycles. The Morgan fingerprint density at radius 2 is 0.800 bits per heavy atom. The fraction of sp³-hybridized carbons (Fsp3) is 0.0130. The van der Waals surface area contributed by atoms with Crippen molar-refractivity contribution in [3.63, 3.8) is 0 Å². The van der Waals surface area contributed by atoms with Crippen molar-refractivity contribution in [2.45, 2.75) is 5.41 Å². The van der Waals surface area contributed by atoms with Gasteiger partial charge in [-0.05, 0) is 152 Å². The third kappa shape index (κ3) is 7.66. The summed E-state index contributed by atoms with van der Waals surface area (Å²) in [5.74, 6) is 0. The maximum atomic E-state index is 10.1. The molecular weight excluding hydrogens is 967 g/mol. The fourth-order valence-corrected chi connectivity index (χ4v) is 12.6. The van der Waals surface area contributed by atoms with Gasteiger partial charge < -0.3 is 14.4 Å². The summed E-state index contributed by atoms with van der Waals surface area (Å²) in [6.45, 7) is 0. The Bertz CT molecular complexity index is 4750. The predicted molar refractivity (Wildman–Crippen MR) is 336 cm³/mol. The number of anilines is 6. The van der Waals surface area contributed by atoms with Gasteiger partial charge in [-0.25, -0.2) is 0 Å². The molecule has 1 aliphatic rings. The Morgan fingerprint density at radius 3 is 1.54 bits per heavy atom. The first-order valence-corrected chi connectivity index (χ1v) is 27.3. The molecule has 13 aromatic carbocycles. The number of nitrogens with zero attached hydrogens (tertiary/aromatic N) is 3. The van der Waals surface area contributed by atoms with Crippen LogP contribution < -0.4 is 9.80 Å². The number of aromatic nitrogens is 1. The average Bonchev–Trinajstić information content (AvgIpc) is 1.57. The first-order valence-electron chi connectivity index (χ1n) is 29.3. The third-order valence-corrected chi connectivity index (χ3v) is 16.1. The normalized spacial score (nSPS) is 13.1. The van der Waals surface area contributed by atoms with Crippen LogP contribution in [-0.2, 0) is 5.41 Å². The minimum atomic E-state index is -0.699. The summed E-state index contributed by atoms with van der Waals surface area (Å²) in [7, 11) is 0. The lowest BCUT2D eigenvalue weighted by molar-refractivity contribution is 0.768. The van der Waals surface area contributed by atoms with Crippen LogP contribution in [0.3, 0.4) is 0 Å². The van der Waals surface area contributed by atoms with Crippen LogP contribution in [0.2, 0.25) is 0 Å². The highest BCUT2D eigenvalue weighted by Crippen LogP contribution is 2.57. The molecule has 0 amide bonds. The Balaban J connectivity index is 0.902. The predicted octanol–water partition coefficient (Wildman–Crippen LogP) is 20.6. The molecule has 15 rings (SSSR count). The van der Waals surface area contributed by atoms with Crippen LogP contribution in [0.15, 0.2) is 321 Å². The molecule has 1 heterocycles. The van der Waals surface area contributed by atoms with Crippen molar-refractivity contribution in [3.05, 3.63) is 344 Å². The standard InChI is InChI=1S/C77H53N3/c1-6-22-54(23-7-1)55-40-44-62(45-41-55)79(63-49-51-76-71(52-63)70-33-17-19-38-75(70)80(76)60-30-14-5-15-31-60)74-39-21-35-66-65(34-20-36-69(66)74)56-42-46-61(47-43-56)78(59-28-12-4-13-29-59)64-48-50-68-67-32-16-18-37-72(67)77(73(68)53-64,57-24-8-2-9-25-57)58-26-10-3-11-27-58/h1-53H/i42D,43D,46D,47D. The van der Waals surface area contributed by atoms with Gasteiger partial charge in [-0.2, -0.15) is 0 Å². The molecule has 14 aromatic rings. The molecule has 0 fully saturated rings. The topological polar surface area (TPSA) is 11.4 Å². The van der Waals surface area contributed by atoms with E-state index >= 15 is 0 Å². The van der Waals surface area contributed by atoms with E-state index in [2.05, 4.69) is 240 Å². The molecule has 0 atom stereocenters. The average molecular weight is 1020 g/mol. The van der Waals surface area contributed by atoms with E-state index in [-0.39, 0.29) is 35.4 Å². The summed E-state index contributed by atoms with van der Waals surface area (Å²) in [5, 5.41) is 3.95. The number of fused-ring (bicyclic) bond motifs is 7. The minimum absolute atomic E-state index is 0.130. The summed E-state index contributed by atoms with van der Waals surface area (Å²) < 4.78 is 42.7. The van der Waals surface area contributed by atoms with Crippen molar-refractivity contribution >= 4 is 66.7 Å². The lowest BCUT2D eigenvalue weighted by atomic mass is 9.67. The monoisotopic (exact) mass is 1020 g/mol. The zero-order chi connectivity index (χ0) is 56.5. The van der Waals surface area contributed by atoms with E-state index in [1.807, 2.05) is 71.6 Å². The zero-order valence-electron chi connectivity index (χ0n) is 47.6. The molecule has 0 unspecified atom stereocenters. The zero-order valence-corrected chi connectivity index (χ0v) is 43.6. The van der Waals surface area contributed by atoms with Gasteiger partial charge in [0.25, 0.3) is 0 Å². The van der Waals surface area contributed by atoms with Gasteiger partial charge >= 0.3 is 0 Å². The summed E-state index contributed by atoms with van der Waals surface area (Å²) in [6, 6.07) is 103. The number of para-hydroxylation sites is 3. The van der Waals surface area contributed by atoms with Crippen molar-refractivity contribution < 1.29 is 5.48 Å². The van der Waals surface area contributed by atoms with E-state index in [1.165, 1.54) is 5.56 Å². The maximum Gasteiger partial charge on any atom is 0.0714 e. The van der Waals surface area contributed by atoms with Gasteiger partial charge in [-0.1, -0.05) is 230 Å². The first kappa shape index (κ1) is 42.6. The number of hydrogen-bond acceptors (Lipinski definition) is 2. The van der Waals surface area contributed by atoms with Crippen molar-refractivity contribution in [1.29, 1.82) is 0 Å². The lowest BCUT2D eigenvalue weighted by Gasteiger charge is -2.35. The molecule has 0 saturated heterocycles. The third-order valence-electron chi connectivity index (χ3n) is 16.1. The molecule has 3 nitrogen and oxygen atoms in total. The van der Waals surface area contributed by atoms with E-state index < -0.39 is 5.41 Å². The molecule has 3 heteroatoms. The molecule has 376 valence electrons. The van der Waals surface area contributed by atoms with Gasteiger partial charge in [0.2, 0.25) is 0 Å². The Hall–Kier alpha value is -10.5. The highest BCUT2D eigenvalue weighted by atomic mass is 15.1. The molecule has 0 spiro atoms. The van der Waals surface area contributed by atoms with E-state index in [0.29, 0.717) is 16.9 Å². The largest absolute Gasteiger partial charge is 0.310 e. The maximum absolute atomic E-state index is 10.1. The summed E-state index contributed by atoms with van der Waals surface area (Å²) in [4.78, 5) is 4.20. The van der Waals surface area contributed by atoms with E-state index in [1.54, 1.807) is 0 Å². The fourth-order valence-electron chi connectivity index (χ4n) is 12.6. The molecular formula is C77H53N3. The van der Waals surface area contributed by atoms with Crippen molar-refractivity contribution in [2.24, 2.45) is 0 Å². The van der Waals surface area contributed by atoms with Gasteiger partial charge in [0.1, 0.15) is 0 Å². The van der Waals surface area contributed by atoms with Crippen LogP contribution in [0, 0.1) is 0 Å². The first-order chi connectivity index (χ1) is 41.4. The van der Waals surface area contributed by atoms with E-state index in [9.17, 15) is 5.48 Å². The molecule has 80 heavy (non-hydrogen) atoms. The van der Waals surface area contributed by atoms with Crippen LogP contribution >= 0.6 is 0 Å². The van der Waals surface area contributed by atoms with Gasteiger partial charge in [-0.15, -0.1) is 0 Å². The SMILES string of the molecule is [2H]c1c([2H])c(N(c2ccccc2)c2ccc3c(c2)C(c2ccccc2)(c2ccccc2)c2ccccc2-3)c([2H])c([2H])c1-c1cccc2c(N(c3ccc(-c4ccccc4)cc3)c3ccc4c(c3)c3ccccc3n4-c3ccccc3)cccc12. The Morgan fingerprint density at radius 1 is 0.287 bits per heavy atom. The Labute approximate surface area is 472 Å². The van der Waals surface area contributed by atoms with Gasteiger partial charge in [0, 0.05) is 50.3 Å². The van der Waals surface area contributed by atoms with Crippen LogP contribution in [0.1, 0.15) is 27.7 Å². The number of rotatable bonds is 11. The number of hydrogen-bond donors (Lipinski definition) is 0. The van der Waals surface area contributed by atoms with Crippen molar-refractivity contribution in [1.82, 2.24) is 4.57 Å². The van der Waals surface area contributed by atoms with Crippen LogP contribution in [0.4, 0.5) is 34.1 Å². The quantitative estimate of drug-likeness (QED) is 0.128. The van der Waals surface area contributed by atoms with Crippen molar-refractivity contribution in [3.8, 4) is 39.1 Å². The molecule has 0 radical (unpaired) electrons. The summed E-state index contributed by atoms with van der Waals surface area (Å²) in [6.07, 6.45) is 0. The van der Waals surface area contributed by atoms with Gasteiger partial charge in [0.05, 0.1) is 27.6 Å². The van der Waals surface area contributed by atoms with E-state index in [0.717, 1.165) is 94.3 Å². The highest BCUT2D eigenvalue weighted by molar-refractivity contribution is 6.12. The van der Waals surface area contributed by atoms with Gasteiger partial charge in [0.15, 0.2) is 0 Å². The van der Waals surface area contributed by atoms with Crippen LogP contribution in [-0.4, -0.2) is 4.57 Å². The molecule has 0 saturated carbocycles. The highest BCUT2D eigenvalue weighted by Gasteiger charge is 2.46. The second-order valence-electron chi connectivity index (χ2n) is 20.5. The van der Waals surface area contributed by atoms with E-state index in [4.69, 9.17) is 0 Å². The van der Waals surface area contributed by atoms with Crippen LogP contribution in [0.5, 0.6) is 0 Å². The Kier molecular flexibility index (Phi) is 10.4. The smallest absolute Gasteiger partial charge is 0.0714 e.